The van der Waals surface area contributed by atoms with E-state index >= 15 is 0 Å². The van der Waals surface area contributed by atoms with E-state index in [0.717, 1.165) is 22.6 Å². The summed E-state index contributed by atoms with van der Waals surface area (Å²) in [6, 6.07) is 14.3. The molecule has 0 bridgehead atoms. The highest BCUT2D eigenvalue weighted by Gasteiger charge is 2.14. The van der Waals surface area contributed by atoms with Crippen molar-refractivity contribution < 1.29 is 9.90 Å². The Morgan fingerprint density at radius 2 is 2.00 bits per heavy atom. The lowest BCUT2D eigenvalue weighted by Crippen LogP contribution is -2.02. The van der Waals surface area contributed by atoms with Crippen LogP contribution in [0.4, 0.5) is 5.13 Å². The smallest absolute Gasteiger partial charge is 0.336 e. The maximum atomic E-state index is 11.2. The summed E-state index contributed by atoms with van der Waals surface area (Å²) in [5.74, 6) is -0.990. The Hall–Kier alpha value is -2.70. The molecule has 0 atom stereocenters. The number of carboxylic acid groups (broad SMARTS) is 1. The van der Waals surface area contributed by atoms with Crippen molar-refractivity contribution in [2.75, 3.05) is 5.43 Å². The fraction of sp³-hybridized carbons (Fsp3) is 0.105. The summed E-state index contributed by atoms with van der Waals surface area (Å²) in [5.41, 5.74) is 5.33. The van der Waals surface area contributed by atoms with Crippen molar-refractivity contribution in [3.05, 3.63) is 69.6 Å². The van der Waals surface area contributed by atoms with Crippen LogP contribution in [-0.4, -0.2) is 22.3 Å². The zero-order valence-corrected chi connectivity index (χ0v) is 15.5. The third-order valence-corrected chi connectivity index (χ3v) is 5.14. The minimum absolute atomic E-state index is 0.197. The Labute approximate surface area is 160 Å². The lowest BCUT2D eigenvalue weighted by molar-refractivity contribution is 0.0697. The summed E-state index contributed by atoms with van der Waals surface area (Å²) in [4.78, 5) is 16.9. The number of anilines is 1. The predicted octanol–water partition coefficient (Wildman–Crippen LogP) is 5.17. The van der Waals surface area contributed by atoms with Crippen LogP contribution in [-0.2, 0) is 6.42 Å². The monoisotopic (exact) mass is 385 g/mol. The molecule has 0 saturated carbocycles. The summed E-state index contributed by atoms with van der Waals surface area (Å²) in [7, 11) is 0. The van der Waals surface area contributed by atoms with Crippen LogP contribution in [0.25, 0.3) is 11.3 Å². The van der Waals surface area contributed by atoms with Crippen molar-refractivity contribution in [3.63, 3.8) is 0 Å². The highest BCUT2D eigenvalue weighted by atomic mass is 35.5. The molecule has 1 aromatic heterocycles. The second-order valence-electron chi connectivity index (χ2n) is 5.39. The average molecular weight is 386 g/mol. The van der Waals surface area contributed by atoms with Crippen LogP contribution < -0.4 is 5.43 Å². The number of aryl methyl sites for hydroxylation is 1. The van der Waals surface area contributed by atoms with Gasteiger partial charge < -0.3 is 5.11 Å². The standard InChI is InChI=1S/C19H16ClN3O2S/c1-2-16-17(14-9-5-6-10-15(14)20)22-19(26-16)23-21-11-12-7-3-4-8-13(12)18(24)25/h3-11H,2H2,1H3,(H,22,23)(H,24,25). The molecule has 3 rings (SSSR count). The SMILES string of the molecule is CCc1sc(NN=Cc2ccccc2C(=O)O)nc1-c1ccccc1Cl. The van der Waals surface area contributed by atoms with E-state index in [0.29, 0.717) is 15.7 Å². The molecule has 5 nitrogen and oxygen atoms in total. The molecule has 0 aliphatic heterocycles. The maximum absolute atomic E-state index is 11.2. The van der Waals surface area contributed by atoms with Gasteiger partial charge in [0.2, 0.25) is 5.13 Å². The van der Waals surface area contributed by atoms with E-state index < -0.39 is 5.97 Å². The summed E-state index contributed by atoms with van der Waals surface area (Å²) in [6.45, 7) is 2.06. The number of nitrogens with zero attached hydrogens (tertiary/aromatic N) is 2. The number of carboxylic acids is 1. The predicted molar refractivity (Wildman–Crippen MR) is 107 cm³/mol. The molecule has 26 heavy (non-hydrogen) atoms. The number of benzene rings is 2. The molecule has 0 amide bonds. The van der Waals surface area contributed by atoms with Gasteiger partial charge in [-0.05, 0) is 18.6 Å². The van der Waals surface area contributed by atoms with Crippen molar-refractivity contribution in [2.24, 2.45) is 5.10 Å². The Morgan fingerprint density at radius 1 is 1.27 bits per heavy atom. The lowest BCUT2D eigenvalue weighted by Gasteiger charge is -2.02. The Morgan fingerprint density at radius 3 is 2.73 bits per heavy atom. The summed E-state index contributed by atoms with van der Waals surface area (Å²) in [5, 5.41) is 14.6. The van der Waals surface area contributed by atoms with Crippen LogP contribution in [0.5, 0.6) is 0 Å². The van der Waals surface area contributed by atoms with Crippen molar-refractivity contribution >= 4 is 40.3 Å². The van der Waals surface area contributed by atoms with E-state index in [4.69, 9.17) is 11.6 Å². The summed E-state index contributed by atoms with van der Waals surface area (Å²) >= 11 is 7.79. The van der Waals surface area contributed by atoms with Crippen LogP contribution in [0, 0.1) is 0 Å². The number of halogens is 1. The van der Waals surface area contributed by atoms with Gasteiger partial charge in [-0.15, -0.1) is 0 Å². The summed E-state index contributed by atoms with van der Waals surface area (Å²) < 4.78 is 0. The van der Waals surface area contributed by atoms with Gasteiger partial charge in [-0.3, -0.25) is 5.43 Å². The number of hydrazone groups is 1. The highest BCUT2D eigenvalue weighted by molar-refractivity contribution is 7.16. The molecule has 0 radical (unpaired) electrons. The van der Waals surface area contributed by atoms with Crippen LogP contribution in [0.15, 0.2) is 53.6 Å². The molecular formula is C19H16ClN3O2S. The molecular weight excluding hydrogens is 370 g/mol. The van der Waals surface area contributed by atoms with E-state index in [9.17, 15) is 9.90 Å². The van der Waals surface area contributed by atoms with Gasteiger partial charge in [-0.1, -0.05) is 66.3 Å². The molecule has 0 fully saturated rings. The van der Waals surface area contributed by atoms with Crippen LogP contribution in [0.1, 0.15) is 27.7 Å². The third-order valence-electron chi connectivity index (χ3n) is 3.70. The van der Waals surface area contributed by atoms with Gasteiger partial charge in [0.05, 0.1) is 17.5 Å². The minimum Gasteiger partial charge on any atom is -0.478 e. The van der Waals surface area contributed by atoms with Gasteiger partial charge in [0, 0.05) is 21.0 Å². The minimum atomic E-state index is -0.990. The van der Waals surface area contributed by atoms with E-state index in [1.54, 1.807) is 18.2 Å². The normalized spacial score (nSPS) is 11.0. The van der Waals surface area contributed by atoms with E-state index in [2.05, 4.69) is 22.4 Å². The molecule has 7 heteroatoms. The Kier molecular flexibility index (Phi) is 5.65. The first-order chi connectivity index (χ1) is 12.6. The molecule has 3 aromatic rings. The molecule has 0 aliphatic rings. The fourth-order valence-electron chi connectivity index (χ4n) is 2.46. The molecule has 132 valence electrons. The van der Waals surface area contributed by atoms with Crippen molar-refractivity contribution in [1.82, 2.24) is 4.98 Å². The highest BCUT2D eigenvalue weighted by Crippen LogP contribution is 2.35. The van der Waals surface area contributed by atoms with Crippen molar-refractivity contribution in [1.29, 1.82) is 0 Å². The molecule has 1 heterocycles. The van der Waals surface area contributed by atoms with Gasteiger partial charge >= 0.3 is 5.97 Å². The number of hydrogen-bond donors (Lipinski definition) is 2. The molecule has 0 aliphatic carbocycles. The van der Waals surface area contributed by atoms with Gasteiger partial charge in [0.1, 0.15) is 0 Å². The first-order valence-corrected chi connectivity index (χ1v) is 9.15. The fourth-order valence-corrected chi connectivity index (χ4v) is 3.55. The quantitative estimate of drug-likeness (QED) is 0.453. The van der Waals surface area contributed by atoms with Gasteiger partial charge in [-0.2, -0.15) is 5.10 Å². The first-order valence-electron chi connectivity index (χ1n) is 7.96. The Balaban J connectivity index is 1.84. The van der Waals surface area contributed by atoms with Gasteiger partial charge in [0.25, 0.3) is 0 Å². The van der Waals surface area contributed by atoms with Crippen molar-refractivity contribution in [2.45, 2.75) is 13.3 Å². The zero-order chi connectivity index (χ0) is 18.5. The Bertz CT molecular complexity index is 969. The zero-order valence-electron chi connectivity index (χ0n) is 13.9. The van der Waals surface area contributed by atoms with E-state index in [1.165, 1.54) is 23.6 Å². The number of nitrogens with one attached hydrogen (secondary N) is 1. The summed E-state index contributed by atoms with van der Waals surface area (Å²) in [6.07, 6.45) is 2.30. The molecule has 2 aromatic carbocycles. The number of hydrogen-bond acceptors (Lipinski definition) is 5. The van der Waals surface area contributed by atoms with Crippen molar-refractivity contribution in [3.8, 4) is 11.3 Å². The number of thiazole rings is 1. The first kappa shape index (κ1) is 18.1. The van der Waals surface area contributed by atoms with Gasteiger partial charge in [0.15, 0.2) is 0 Å². The average Bonchev–Trinajstić information content (AvgIpc) is 3.05. The van der Waals surface area contributed by atoms with E-state index in [1.807, 2.05) is 24.3 Å². The number of carbonyl (C=O) groups is 1. The second kappa shape index (κ2) is 8.12. The van der Waals surface area contributed by atoms with Crippen LogP contribution >= 0.6 is 22.9 Å². The maximum Gasteiger partial charge on any atom is 0.336 e. The third kappa shape index (κ3) is 3.92. The largest absolute Gasteiger partial charge is 0.478 e. The lowest BCUT2D eigenvalue weighted by atomic mass is 10.1. The van der Waals surface area contributed by atoms with E-state index in [-0.39, 0.29) is 5.56 Å². The van der Waals surface area contributed by atoms with Crippen LogP contribution in [0.2, 0.25) is 5.02 Å². The topological polar surface area (TPSA) is 74.6 Å². The molecule has 0 spiro atoms. The molecule has 0 unspecified atom stereocenters. The number of aromatic nitrogens is 1. The second-order valence-corrected chi connectivity index (χ2v) is 6.88. The van der Waals surface area contributed by atoms with Gasteiger partial charge in [-0.25, -0.2) is 9.78 Å². The molecule has 0 saturated heterocycles. The number of aromatic carboxylic acids is 1. The number of rotatable bonds is 6. The van der Waals surface area contributed by atoms with Crippen LogP contribution in [0.3, 0.4) is 0 Å². The molecule has 2 N–H and O–H groups in total.